The number of piperidine rings is 1. The van der Waals surface area contributed by atoms with Crippen molar-refractivity contribution in [2.45, 2.75) is 31.1 Å². The van der Waals surface area contributed by atoms with Crippen LogP contribution < -0.4 is 4.90 Å². The Hall–Kier alpha value is -1.14. The van der Waals surface area contributed by atoms with E-state index in [1.54, 1.807) is 0 Å². The number of likely N-dealkylation sites (tertiary alicyclic amines) is 1. The van der Waals surface area contributed by atoms with Crippen molar-refractivity contribution in [3.05, 3.63) is 29.3 Å². The predicted molar refractivity (Wildman–Crippen MR) is 87.7 cm³/mol. The summed E-state index contributed by atoms with van der Waals surface area (Å²) in [5, 5.41) is 0.661. The molecular weight excluding hydrogens is 316 g/mol. The summed E-state index contributed by atoms with van der Waals surface area (Å²) in [5.74, 6) is -0.207. The van der Waals surface area contributed by atoms with E-state index in [-0.39, 0.29) is 17.7 Å². The number of halogens is 1. The van der Waals surface area contributed by atoms with Gasteiger partial charge in [0.1, 0.15) is 0 Å². The molecule has 23 heavy (non-hydrogen) atoms. The molecular formula is C17H21ClN2O3. The zero-order valence-corrected chi connectivity index (χ0v) is 13.8. The van der Waals surface area contributed by atoms with Crippen LogP contribution in [0.15, 0.2) is 24.3 Å². The first-order chi connectivity index (χ1) is 11.2. The van der Waals surface area contributed by atoms with Gasteiger partial charge in [-0.15, -0.1) is 0 Å². The average molecular weight is 337 g/mol. The van der Waals surface area contributed by atoms with Gasteiger partial charge in [-0.05, 0) is 24.6 Å². The molecule has 3 fully saturated rings. The number of ether oxygens (including phenoxy) is 2. The number of amides is 1. The van der Waals surface area contributed by atoms with Crippen LogP contribution in [0.5, 0.6) is 0 Å². The largest absolute Gasteiger partial charge is 0.347 e. The maximum Gasteiger partial charge on any atom is 0.244 e. The first-order valence-corrected chi connectivity index (χ1v) is 8.64. The summed E-state index contributed by atoms with van der Waals surface area (Å²) in [7, 11) is 0. The highest BCUT2D eigenvalue weighted by Crippen LogP contribution is 2.34. The van der Waals surface area contributed by atoms with Crippen LogP contribution in [0.4, 0.5) is 5.69 Å². The summed E-state index contributed by atoms with van der Waals surface area (Å²) in [5.41, 5.74) is 0.890. The smallest absolute Gasteiger partial charge is 0.244 e. The topological polar surface area (TPSA) is 42.0 Å². The molecule has 0 saturated carbocycles. The van der Waals surface area contributed by atoms with E-state index in [9.17, 15) is 4.79 Å². The maximum atomic E-state index is 12.8. The van der Waals surface area contributed by atoms with Gasteiger partial charge >= 0.3 is 0 Å². The Kier molecular flexibility index (Phi) is 4.05. The van der Waals surface area contributed by atoms with Gasteiger partial charge in [0.25, 0.3) is 0 Å². The number of benzene rings is 1. The molecule has 5 nitrogen and oxygen atoms in total. The fourth-order valence-electron chi connectivity index (χ4n) is 3.87. The lowest BCUT2D eigenvalue weighted by Crippen LogP contribution is -2.51. The molecule has 3 aliphatic heterocycles. The third-order valence-electron chi connectivity index (χ3n) is 5.11. The molecule has 6 heteroatoms. The Labute approximate surface area is 141 Å². The van der Waals surface area contributed by atoms with Crippen molar-refractivity contribution in [2.75, 3.05) is 37.7 Å². The minimum Gasteiger partial charge on any atom is -0.347 e. The van der Waals surface area contributed by atoms with Crippen LogP contribution in [0.2, 0.25) is 5.02 Å². The van der Waals surface area contributed by atoms with E-state index in [0.717, 1.165) is 44.6 Å². The first-order valence-electron chi connectivity index (χ1n) is 8.26. The van der Waals surface area contributed by atoms with Gasteiger partial charge in [-0.1, -0.05) is 17.7 Å². The summed E-state index contributed by atoms with van der Waals surface area (Å²) in [6.07, 6.45) is 2.54. The van der Waals surface area contributed by atoms with E-state index in [4.69, 9.17) is 21.1 Å². The van der Waals surface area contributed by atoms with Gasteiger partial charge in [-0.2, -0.15) is 0 Å². The van der Waals surface area contributed by atoms with Crippen molar-refractivity contribution >= 4 is 23.2 Å². The number of hydrogen-bond donors (Lipinski definition) is 0. The molecule has 124 valence electrons. The van der Waals surface area contributed by atoms with E-state index in [1.165, 1.54) is 0 Å². The zero-order valence-electron chi connectivity index (χ0n) is 13.0. The van der Waals surface area contributed by atoms with Crippen molar-refractivity contribution < 1.29 is 14.3 Å². The second-order valence-corrected chi connectivity index (χ2v) is 6.85. The lowest BCUT2D eigenvalue weighted by molar-refractivity contribution is -0.188. The Morgan fingerprint density at radius 1 is 1.13 bits per heavy atom. The van der Waals surface area contributed by atoms with Gasteiger partial charge in [0.15, 0.2) is 5.79 Å². The highest BCUT2D eigenvalue weighted by atomic mass is 35.5. The minimum absolute atomic E-state index is 0.0345. The summed E-state index contributed by atoms with van der Waals surface area (Å²) in [6.45, 7) is 3.81. The van der Waals surface area contributed by atoms with Crippen LogP contribution >= 0.6 is 11.6 Å². The predicted octanol–water partition coefficient (Wildman–Crippen LogP) is 2.28. The van der Waals surface area contributed by atoms with Gasteiger partial charge < -0.3 is 14.4 Å². The molecule has 4 rings (SSSR count). The van der Waals surface area contributed by atoms with Crippen molar-refractivity contribution in [1.29, 1.82) is 0 Å². The lowest BCUT2D eigenvalue weighted by atomic mass is 10.0. The molecule has 3 heterocycles. The number of rotatable bonds is 2. The van der Waals surface area contributed by atoms with E-state index < -0.39 is 0 Å². The molecule has 1 spiro atoms. The first kappa shape index (κ1) is 15.4. The van der Waals surface area contributed by atoms with Crippen LogP contribution in [0.1, 0.15) is 19.3 Å². The second kappa shape index (κ2) is 6.06. The normalized spacial score (nSPS) is 28.0. The molecule has 0 aliphatic carbocycles. The van der Waals surface area contributed by atoms with Gasteiger partial charge in [0.2, 0.25) is 5.91 Å². The number of carbonyl (C=O) groups excluding carboxylic acids is 1. The van der Waals surface area contributed by atoms with Crippen LogP contribution in [-0.4, -0.2) is 55.5 Å². The fraction of sp³-hybridized carbons (Fsp3) is 0.588. The number of anilines is 1. The summed E-state index contributed by atoms with van der Waals surface area (Å²) in [4.78, 5) is 16.9. The summed E-state index contributed by atoms with van der Waals surface area (Å²) in [6, 6.07) is 7.48. The Morgan fingerprint density at radius 3 is 2.57 bits per heavy atom. The number of nitrogens with zero attached hydrogens (tertiary/aromatic N) is 2. The zero-order chi connectivity index (χ0) is 15.9. The summed E-state index contributed by atoms with van der Waals surface area (Å²) >= 11 is 6.05. The van der Waals surface area contributed by atoms with E-state index in [0.29, 0.717) is 18.2 Å². The number of carbonyl (C=O) groups is 1. The molecule has 0 aromatic heterocycles. The Bertz CT molecular complexity index is 593. The molecule has 1 aromatic carbocycles. The lowest BCUT2D eigenvalue weighted by Gasteiger charge is -2.39. The van der Waals surface area contributed by atoms with E-state index >= 15 is 0 Å². The molecule has 1 unspecified atom stereocenters. The molecule has 0 bridgehead atoms. The van der Waals surface area contributed by atoms with Crippen molar-refractivity contribution in [3.8, 4) is 0 Å². The van der Waals surface area contributed by atoms with E-state index in [1.807, 2.05) is 29.2 Å². The fourth-order valence-corrected chi connectivity index (χ4v) is 4.05. The molecule has 1 aromatic rings. The van der Waals surface area contributed by atoms with Gasteiger partial charge in [-0.3, -0.25) is 9.69 Å². The molecule has 1 amide bonds. The van der Waals surface area contributed by atoms with Gasteiger partial charge in [0, 0.05) is 43.2 Å². The SMILES string of the molecule is O=C1C(N2CCC3(CC2)OCCO3)CCN1c1cccc(Cl)c1. The quantitative estimate of drug-likeness (QED) is 0.831. The van der Waals surface area contributed by atoms with E-state index in [2.05, 4.69) is 4.90 Å². The summed E-state index contributed by atoms with van der Waals surface area (Å²) < 4.78 is 11.5. The molecule has 3 aliphatic rings. The minimum atomic E-state index is -0.384. The molecule has 3 saturated heterocycles. The highest BCUT2D eigenvalue weighted by Gasteiger charge is 2.44. The third kappa shape index (κ3) is 2.87. The second-order valence-electron chi connectivity index (χ2n) is 6.42. The van der Waals surface area contributed by atoms with Crippen LogP contribution in [0.3, 0.4) is 0 Å². The molecule has 0 N–H and O–H groups in total. The van der Waals surface area contributed by atoms with Crippen LogP contribution in [-0.2, 0) is 14.3 Å². The van der Waals surface area contributed by atoms with Crippen molar-refractivity contribution in [3.63, 3.8) is 0 Å². The van der Waals surface area contributed by atoms with Crippen LogP contribution in [0.25, 0.3) is 0 Å². The Morgan fingerprint density at radius 2 is 1.87 bits per heavy atom. The highest BCUT2D eigenvalue weighted by molar-refractivity contribution is 6.30. The van der Waals surface area contributed by atoms with Crippen molar-refractivity contribution in [1.82, 2.24) is 4.90 Å². The van der Waals surface area contributed by atoms with Gasteiger partial charge in [0.05, 0.1) is 19.3 Å². The maximum absolute atomic E-state index is 12.8. The average Bonchev–Trinajstić information content (AvgIpc) is 3.16. The third-order valence-corrected chi connectivity index (χ3v) is 5.35. The number of hydrogen-bond acceptors (Lipinski definition) is 4. The Balaban J connectivity index is 1.42. The van der Waals surface area contributed by atoms with Gasteiger partial charge in [-0.25, -0.2) is 0 Å². The molecule has 0 radical (unpaired) electrons. The monoisotopic (exact) mass is 336 g/mol. The van der Waals surface area contributed by atoms with Crippen molar-refractivity contribution in [2.24, 2.45) is 0 Å². The standard InChI is InChI=1S/C17H21ClN2O3/c18-13-2-1-3-14(12-13)20-7-4-15(16(20)21)19-8-5-17(6-9-19)22-10-11-23-17/h1-3,12,15H,4-11H2. The van der Waals surface area contributed by atoms with Crippen LogP contribution in [0, 0.1) is 0 Å². The molecule has 1 atom stereocenters.